The van der Waals surface area contributed by atoms with Gasteiger partial charge in [0.1, 0.15) is 5.82 Å². The second-order valence-corrected chi connectivity index (χ2v) is 5.32. The molecule has 0 radical (unpaired) electrons. The zero-order valence-electron chi connectivity index (χ0n) is 11.9. The van der Waals surface area contributed by atoms with Crippen molar-refractivity contribution in [3.63, 3.8) is 0 Å². The number of carbonyl (C=O) groups is 1. The molecule has 20 heavy (non-hydrogen) atoms. The number of halogens is 1. The predicted octanol–water partition coefficient (Wildman–Crippen LogP) is 1.28. The van der Waals surface area contributed by atoms with E-state index in [0.29, 0.717) is 19.1 Å². The average molecular weight is 280 g/mol. The molecule has 0 aliphatic carbocycles. The molecule has 3 N–H and O–H groups in total. The third-order valence-electron chi connectivity index (χ3n) is 3.80. The second-order valence-electron chi connectivity index (χ2n) is 5.32. The lowest BCUT2D eigenvalue weighted by molar-refractivity contribution is 0.0635. The Morgan fingerprint density at radius 3 is 2.90 bits per heavy atom. The maximum absolute atomic E-state index is 13.7. The number of benzene rings is 1. The van der Waals surface area contributed by atoms with E-state index >= 15 is 0 Å². The molecule has 1 aromatic rings. The lowest BCUT2D eigenvalue weighted by Gasteiger charge is -2.36. The molecule has 1 amide bonds. The third kappa shape index (κ3) is 2.91. The Bertz CT molecular complexity index is 492. The number of amides is 1. The van der Waals surface area contributed by atoms with E-state index in [1.165, 1.54) is 12.1 Å². The fourth-order valence-corrected chi connectivity index (χ4v) is 2.58. The average Bonchev–Trinajstić information content (AvgIpc) is 2.46. The molecular weight excluding hydrogens is 259 g/mol. The summed E-state index contributed by atoms with van der Waals surface area (Å²) in [6, 6.07) is 4.75. The van der Waals surface area contributed by atoms with E-state index in [4.69, 9.17) is 5.84 Å². The van der Waals surface area contributed by atoms with Gasteiger partial charge in [-0.25, -0.2) is 4.39 Å². The van der Waals surface area contributed by atoms with E-state index in [9.17, 15) is 9.18 Å². The van der Waals surface area contributed by atoms with Gasteiger partial charge in [-0.2, -0.15) is 0 Å². The summed E-state index contributed by atoms with van der Waals surface area (Å²) >= 11 is 0. The van der Waals surface area contributed by atoms with Crippen LogP contribution in [0.2, 0.25) is 0 Å². The van der Waals surface area contributed by atoms with Gasteiger partial charge < -0.3 is 15.2 Å². The number of likely N-dealkylation sites (N-methyl/N-ethyl adjacent to an activating group) is 1. The highest BCUT2D eigenvalue weighted by atomic mass is 19.1. The number of nitrogens with two attached hydrogens (primary N) is 1. The number of nitrogen functional groups attached to an aromatic ring is 1. The number of anilines is 1. The van der Waals surface area contributed by atoms with Crippen LogP contribution >= 0.6 is 0 Å². The molecule has 1 saturated heterocycles. The number of para-hydroxylation sites is 1. The molecule has 1 aliphatic heterocycles. The Morgan fingerprint density at radius 1 is 1.50 bits per heavy atom. The van der Waals surface area contributed by atoms with Gasteiger partial charge in [-0.1, -0.05) is 6.07 Å². The molecular formula is C14H21FN4O. The zero-order valence-corrected chi connectivity index (χ0v) is 11.9. The van der Waals surface area contributed by atoms with Crippen LogP contribution in [0.1, 0.15) is 23.2 Å². The van der Waals surface area contributed by atoms with Gasteiger partial charge in [0, 0.05) is 19.1 Å². The predicted molar refractivity (Wildman–Crippen MR) is 76.8 cm³/mol. The van der Waals surface area contributed by atoms with Crippen LogP contribution in [0.15, 0.2) is 18.2 Å². The van der Waals surface area contributed by atoms with Gasteiger partial charge in [0.05, 0.1) is 11.3 Å². The SMILES string of the molecule is CN(C)C1CCCN(C(=O)c2cccc(F)c2NN)C1. The number of nitrogens with zero attached hydrogens (tertiary/aromatic N) is 2. The van der Waals surface area contributed by atoms with Gasteiger partial charge in [-0.15, -0.1) is 0 Å². The number of hydrazine groups is 1. The molecule has 0 bridgehead atoms. The summed E-state index contributed by atoms with van der Waals surface area (Å²) in [6.45, 7) is 1.36. The first-order valence-corrected chi connectivity index (χ1v) is 6.75. The molecule has 1 fully saturated rings. The Labute approximate surface area is 118 Å². The maximum atomic E-state index is 13.7. The standard InChI is InChI=1S/C14H21FN4O/c1-18(2)10-5-4-8-19(9-10)14(20)11-6-3-7-12(15)13(11)17-16/h3,6-7,10,17H,4-5,8-9,16H2,1-2H3. The first-order valence-electron chi connectivity index (χ1n) is 6.75. The van der Waals surface area contributed by atoms with E-state index in [1.54, 1.807) is 11.0 Å². The van der Waals surface area contributed by atoms with Crippen LogP contribution in [0.4, 0.5) is 10.1 Å². The van der Waals surface area contributed by atoms with Gasteiger partial charge in [-0.05, 0) is 39.1 Å². The van der Waals surface area contributed by atoms with Gasteiger partial charge >= 0.3 is 0 Å². The number of rotatable bonds is 3. The molecule has 0 aromatic heterocycles. The molecule has 1 unspecified atom stereocenters. The Balaban J connectivity index is 2.21. The quantitative estimate of drug-likeness (QED) is 0.647. The summed E-state index contributed by atoms with van der Waals surface area (Å²) in [7, 11) is 4.02. The van der Waals surface area contributed by atoms with Gasteiger partial charge in [-0.3, -0.25) is 10.6 Å². The van der Waals surface area contributed by atoms with E-state index < -0.39 is 5.82 Å². The van der Waals surface area contributed by atoms with Crippen molar-refractivity contribution < 1.29 is 9.18 Å². The van der Waals surface area contributed by atoms with Crippen LogP contribution in [0.25, 0.3) is 0 Å². The van der Waals surface area contributed by atoms with Crippen LogP contribution < -0.4 is 11.3 Å². The topological polar surface area (TPSA) is 61.6 Å². The van der Waals surface area contributed by atoms with E-state index in [0.717, 1.165) is 12.8 Å². The Morgan fingerprint density at radius 2 is 2.25 bits per heavy atom. The highest BCUT2D eigenvalue weighted by Gasteiger charge is 2.27. The molecule has 110 valence electrons. The maximum Gasteiger partial charge on any atom is 0.256 e. The number of piperidine rings is 1. The largest absolute Gasteiger partial charge is 0.337 e. The van der Waals surface area contributed by atoms with Gasteiger partial charge in [0.25, 0.3) is 5.91 Å². The summed E-state index contributed by atoms with van der Waals surface area (Å²) < 4.78 is 13.7. The summed E-state index contributed by atoms with van der Waals surface area (Å²) in [4.78, 5) is 16.4. The van der Waals surface area contributed by atoms with Gasteiger partial charge in [0.2, 0.25) is 0 Å². The van der Waals surface area contributed by atoms with Crippen molar-refractivity contribution in [3.8, 4) is 0 Å². The number of hydrogen-bond donors (Lipinski definition) is 2. The number of carbonyl (C=O) groups excluding carboxylic acids is 1. The van der Waals surface area contributed by atoms with Crippen molar-refractivity contribution in [3.05, 3.63) is 29.6 Å². The van der Waals surface area contributed by atoms with Crippen molar-refractivity contribution in [1.82, 2.24) is 9.80 Å². The lowest BCUT2D eigenvalue weighted by Crippen LogP contribution is -2.47. The minimum absolute atomic E-state index is 0.0597. The number of nitrogens with one attached hydrogen (secondary N) is 1. The minimum Gasteiger partial charge on any atom is -0.337 e. The summed E-state index contributed by atoms with van der Waals surface area (Å²) in [5.41, 5.74) is 2.63. The summed E-state index contributed by atoms with van der Waals surface area (Å²) in [5.74, 6) is 4.63. The monoisotopic (exact) mass is 280 g/mol. The van der Waals surface area contributed by atoms with Crippen molar-refractivity contribution in [1.29, 1.82) is 0 Å². The molecule has 5 nitrogen and oxygen atoms in total. The fourth-order valence-electron chi connectivity index (χ4n) is 2.58. The van der Waals surface area contributed by atoms with Crippen LogP contribution in [0, 0.1) is 5.82 Å². The third-order valence-corrected chi connectivity index (χ3v) is 3.80. The molecule has 6 heteroatoms. The van der Waals surface area contributed by atoms with E-state index in [2.05, 4.69) is 10.3 Å². The molecule has 0 saturated carbocycles. The zero-order chi connectivity index (χ0) is 14.7. The van der Waals surface area contributed by atoms with Crippen LogP contribution in [0.5, 0.6) is 0 Å². The molecule has 1 aromatic carbocycles. The number of likely N-dealkylation sites (tertiary alicyclic amines) is 1. The molecule has 1 atom stereocenters. The Kier molecular flexibility index (Phi) is 4.57. The molecule has 0 spiro atoms. The fraction of sp³-hybridized carbons (Fsp3) is 0.500. The van der Waals surface area contributed by atoms with Crippen molar-refractivity contribution in [2.45, 2.75) is 18.9 Å². The minimum atomic E-state index is -0.514. The summed E-state index contributed by atoms with van der Waals surface area (Å²) in [6.07, 6.45) is 2.03. The van der Waals surface area contributed by atoms with E-state index in [-0.39, 0.29) is 17.2 Å². The molecule has 2 rings (SSSR count). The highest BCUT2D eigenvalue weighted by molar-refractivity contribution is 5.99. The highest BCUT2D eigenvalue weighted by Crippen LogP contribution is 2.23. The van der Waals surface area contributed by atoms with Crippen LogP contribution in [-0.2, 0) is 0 Å². The van der Waals surface area contributed by atoms with Crippen molar-refractivity contribution in [2.75, 3.05) is 32.6 Å². The van der Waals surface area contributed by atoms with Crippen molar-refractivity contribution >= 4 is 11.6 Å². The van der Waals surface area contributed by atoms with E-state index in [1.807, 2.05) is 14.1 Å². The van der Waals surface area contributed by atoms with Crippen LogP contribution in [-0.4, -0.2) is 48.9 Å². The van der Waals surface area contributed by atoms with Crippen LogP contribution in [0.3, 0.4) is 0 Å². The Hall–Kier alpha value is -1.66. The molecule has 1 aliphatic rings. The normalized spacial score (nSPS) is 19.2. The molecule has 1 heterocycles. The van der Waals surface area contributed by atoms with Gasteiger partial charge in [0.15, 0.2) is 0 Å². The van der Waals surface area contributed by atoms with Crippen molar-refractivity contribution in [2.24, 2.45) is 5.84 Å². The number of hydrogen-bond acceptors (Lipinski definition) is 4. The second kappa shape index (κ2) is 6.19. The smallest absolute Gasteiger partial charge is 0.256 e. The summed E-state index contributed by atoms with van der Waals surface area (Å²) in [5, 5.41) is 0. The first kappa shape index (κ1) is 14.7. The first-order chi connectivity index (χ1) is 9.54. The lowest BCUT2D eigenvalue weighted by atomic mass is 10.0.